The summed E-state index contributed by atoms with van der Waals surface area (Å²) in [5.41, 5.74) is -0.321. The number of hydrogen-bond acceptors (Lipinski definition) is 4. The van der Waals surface area contributed by atoms with Crippen LogP contribution in [0, 0.1) is 5.41 Å². The van der Waals surface area contributed by atoms with Gasteiger partial charge in [0.2, 0.25) is 5.91 Å². The van der Waals surface area contributed by atoms with Gasteiger partial charge in [-0.3, -0.25) is 19.0 Å². The predicted molar refractivity (Wildman–Crippen MR) is 115 cm³/mol. The van der Waals surface area contributed by atoms with E-state index in [1.54, 1.807) is 52.0 Å². The number of nitrogens with zero attached hydrogens (tertiary/aromatic N) is 1. The molecule has 1 N–H and O–H groups in total. The van der Waals surface area contributed by atoms with E-state index in [1.165, 1.54) is 10.6 Å². The van der Waals surface area contributed by atoms with Crippen molar-refractivity contribution in [1.29, 1.82) is 0 Å². The van der Waals surface area contributed by atoms with Gasteiger partial charge in [-0.25, -0.2) is 0 Å². The Morgan fingerprint density at radius 3 is 2.50 bits per heavy atom. The number of hydrogen-bond donors (Lipinski definition) is 1. The number of rotatable bonds is 5. The van der Waals surface area contributed by atoms with Crippen LogP contribution in [-0.2, 0) is 16.1 Å². The van der Waals surface area contributed by atoms with E-state index in [4.69, 9.17) is 23.2 Å². The molecule has 1 aromatic heterocycles. The van der Waals surface area contributed by atoms with E-state index < -0.39 is 5.41 Å². The van der Waals surface area contributed by atoms with Gasteiger partial charge in [0.05, 0.1) is 4.53 Å². The number of nitrogens with one attached hydrogen (secondary N) is 1. The van der Waals surface area contributed by atoms with Crippen LogP contribution >= 0.6 is 34.5 Å². The van der Waals surface area contributed by atoms with Crippen molar-refractivity contribution in [1.82, 2.24) is 9.88 Å². The molecule has 0 bridgehead atoms. The Bertz CT molecular complexity index is 1080. The highest BCUT2D eigenvalue weighted by Crippen LogP contribution is 2.21. The molecular formula is C20H22Cl2N2O3S. The number of amides is 1. The number of likely N-dealkylation sites (N-methyl/N-ethyl adjacent to an activating group) is 1. The lowest BCUT2D eigenvalue weighted by Gasteiger charge is -2.12. The molecule has 1 aromatic carbocycles. The van der Waals surface area contributed by atoms with E-state index in [0.717, 1.165) is 11.3 Å². The maximum Gasteiger partial charge on any atom is 0.269 e. The number of ketones is 1. The number of Topliss-reactive ketones (excluding diaryl/α,β-unsaturated/α-hetero) is 1. The number of halogens is 2. The monoisotopic (exact) mass is 440 g/mol. The van der Waals surface area contributed by atoms with E-state index in [2.05, 4.69) is 5.32 Å². The van der Waals surface area contributed by atoms with Gasteiger partial charge in [0, 0.05) is 28.1 Å². The number of benzene rings is 1. The number of thiazole rings is 1. The first-order valence-electron chi connectivity index (χ1n) is 8.72. The van der Waals surface area contributed by atoms with Crippen molar-refractivity contribution in [3.05, 3.63) is 53.4 Å². The van der Waals surface area contributed by atoms with Gasteiger partial charge in [-0.15, -0.1) is 11.3 Å². The zero-order chi connectivity index (χ0) is 21.1. The maximum absolute atomic E-state index is 12.9. The summed E-state index contributed by atoms with van der Waals surface area (Å²) in [7, 11) is 0. The lowest BCUT2D eigenvalue weighted by molar-refractivity contribution is -0.122. The molecule has 28 heavy (non-hydrogen) atoms. The first kappa shape index (κ1) is 22.4. The van der Waals surface area contributed by atoms with Gasteiger partial charge in [0.15, 0.2) is 5.78 Å². The molecule has 0 saturated heterocycles. The van der Waals surface area contributed by atoms with Crippen LogP contribution in [0.3, 0.4) is 0 Å². The Hall–Kier alpha value is -1.89. The highest BCUT2D eigenvalue weighted by Gasteiger charge is 2.20. The van der Waals surface area contributed by atoms with Crippen molar-refractivity contribution >= 4 is 58.4 Å². The van der Waals surface area contributed by atoms with Gasteiger partial charge < -0.3 is 5.32 Å². The molecular weight excluding hydrogens is 419 g/mol. The molecule has 150 valence electrons. The second kappa shape index (κ2) is 9.07. The molecule has 0 saturated carbocycles. The lowest BCUT2D eigenvalue weighted by Crippen LogP contribution is -2.38. The predicted octanol–water partition coefficient (Wildman–Crippen LogP) is 2.58. The third-order valence-electron chi connectivity index (χ3n) is 3.86. The van der Waals surface area contributed by atoms with Crippen molar-refractivity contribution in [3.63, 3.8) is 0 Å². The Balaban J connectivity index is 2.67. The largest absolute Gasteiger partial charge is 0.355 e. The summed E-state index contributed by atoms with van der Waals surface area (Å²) in [6.45, 7) is 7.49. The molecule has 0 unspecified atom stereocenters. The molecule has 0 atom stereocenters. The molecule has 2 rings (SSSR count). The zero-order valence-corrected chi connectivity index (χ0v) is 18.5. The first-order valence-corrected chi connectivity index (χ1v) is 10.3. The van der Waals surface area contributed by atoms with Crippen LogP contribution in [0.2, 0.25) is 10.0 Å². The lowest BCUT2D eigenvalue weighted by atomic mass is 9.91. The molecule has 2 aromatic rings. The van der Waals surface area contributed by atoms with Crippen LogP contribution in [-0.4, -0.2) is 22.8 Å². The van der Waals surface area contributed by atoms with Crippen molar-refractivity contribution in [2.45, 2.75) is 34.2 Å². The fraction of sp³-hybridized carbons (Fsp3) is 0.350. The minimum absolute atomic E-state index is 0.130. The van der Waals surface area contributed by atoms with Gasteiger partial charge >= 0.3 is 0 Å². The quantitative estimate of drug-likeness (QED) is 0.776. The Labute approximate surface area is 177 Å². The smallest absolute Gasteiger partial charge is 0.269 e. The molecule has 0 aliphatic carbocycles. The topological polar surface area (TPSA) is 68.2 Å². The fourth-order valence-electron chi connectivity index (χ4n) is 2.28. The minimum Gasteiger partial charge on any atom is -0.355 e. The van der Waals surface area contributed by atoms with Crippen LogP contribution in [0.25, 0.3) is 12.2 Å². The van der Waals surface area contributed by atoms with E-state index >= 15 is 0 Å². The maximum atomic E-state index is 12.9. The van der Waals surface area contributed by atoms with E-state index in [9.17, 15) is 14.4 Å². The summed E-state index contributed by atoms with van der Waals surface area (Å²) in [4.78, 5) is 37.4. The second-order valence-corrected chi connectivity index (χ2v) is 9.12. The van der Waals surface area contributed by atoms with Crippen LogP contribution in [0.4, 0.5) is 0 Å². The van der Waals surface area contributed by atoms with Gasteiger partial charge in [0.25, 0.3) is 5.56 Å². The first-order chi connectivity index (χ1) is 13.0. The van der Waals surface area contributed by atoms with E-state index in [1.807, 2.05) is 0 Å². The van der Waals surface area contributed by atoms with Crippen molar-refractivity contribution < 1.29 is 9.59 Å². The molecule has 0 aliphatic rings. The highest BCUT2D eigenvalue weighted by molar-refractivity contribution is 7.07. The van der Waals surface area contributed by atoms with Crippen LogP contribution < -0.4 is 20.1 Å². The molecule has 0 aliphatic heterocycles. The Morgan fingerprint density at radius 2 is 1.93 bits per heavy atom. The Kier molecular flexibility index (Phi) is 7.26. The summed E-state index contributed by atoms with van der Waals surface area (Å²) in [5, 5.41) is 3.57. The summed E-state index contributed by atoms with van der Waals surface area (Å²) >= 11 is 13.3. The SMILES string of the molecule is CCNC(=O)Cn1c(=CC(=O)C(C)(C)C)sc(=Cc2ccc(Cl)cc2Cl)c1=O. The number of carbonyl (C=O) groups is 2. The molecule has 1 amide bonds. The van der Waals surface area contributed by atoms with E-state index in [-0.39, 0.29) is 23.8 Å². The molecule has 0 radical (unpaired) electrons. The van der Waals surface area contributed by atoms with Crippen molar-refractivity contribution in [2.24, 2.45) is 5.41 Å². The average Bonchev–Trinajstić information content (AvgIpc) is 2.85. The highest BCUT2D eigenvalue weighted by atomic mass is 35.5. The second-order valence-electron chi connectivity index (χ2n) is 7.22. The third kappa shape index (κ3) is 5.56. The summed E-state index contributed by atoms with van der Waals surface area (Å²) < 4.78 is 2.11. The molecule has 8 heteroatoms. The van der Waals surface area contributed by atoms with Crippen LogP contribution in [0.1, 0.15) is 33.3 Å². The average molecular weight is 441 g/mol. The van der Waals surface area contributed by atoms with Crippen LogP contribution in [0.5, 0.6) is 0 Å². The normalized spacial score (nSPS) is 13.1. The molecule has 1 heterocycles. The zero-order valence-electron chi connectivity index (χ0n) is 16.1. The number of aromatic nitrogens is 1. The fourth-order valence-corrected chi connectivity index (χ4v) is 3.77. The standard InChI is InChI=1S/C20H22Cl2N2O3S/c1-5-23-17(26)11-24-18(10-16(25)20(2,3)4)28-15(19(24)27)8-12-6-7-13(21)9-14(12)22/h6-10H,5,11H2,1-4H3,(H,23,26). The molecule has 0 fully saturated rings. The Morgan fingerprint density at radius 1 is 1.25 bits per heavy atom. The van der Waals surface area contributed by atoms with Gasteiger partial charge in [-0.1, -0.05) is 50.0 Å². The number of carbonyl (C=O) groups excluding carboxylic acids is 2. The van der Waals surface area contributed by atoms with E-state index in [0.29, 0.717) is 31.3 Å². The van der Waals surface area contributed by atoms with Gasteiger partial charge in [-0.05, 0) is 30.7 Å². The molecule has 0 spiro atoms. The summed E-state index contributed by atoms with van der Waals surface area (Å²) in [6, 6.07) is 4.98. The minimum atomic E-state index is -0.597. The summed E-state index contributed by atoms with van der Waals surface area (Å²) in [6.07, 6.45) is 3.06. The van der Waals surface area contributed by atoms with Gasteiger partial charge in [0.1, 0.15) is 11.2 Å². The van der Waals surface area contributed by atoms with Crippen molar-refractivity contribution in [2.75, 3.05) is 6.54 Å². The van der Waals surface area contributed by atoms with Crippen LogP contribution in [0.15, 0.2) is 23.0 Å². The molecule has 5 nitrogen and oxygen atoms in total. The van der Waals surface area contributed by atoms with Gasteiger partial charge in [-0.2, -0.15) is 0 Å². The van der Waals surface area contributed by atoms with Crippen molar-refractivity contribution in [3.8, 4) is 0 Å². The third-order valence-corrected chi connectivity index (χ3v) is 5.48. The summed E-state index contributed by atoms with van der Waals surface area (Å²) in [5.74, 6) is -0.425.